The van der Waals surface area contributed by atoms with E-state index in [4.69, 9.17) is 5.73 Å². The first-order valence-electron chi connectivity index (χ1n) is 7.71. The molecular formula is C14H27N5. The largest absolute Gasteiger partial charge is 0.338 e. The van der Waals surface area contributed by atoms with Gasteiger partial charge in [-0.15, -0.1) is 5.10 Å². The van der Waals surface area contributed by atoms with Gasteiger partial charge in [0.25, 0.3) is 0 Å². The number of hydrogen-bond donors (Lipinski definition) is 2. The summed E-state index contributed by atoms with van der Waals surface area (Å²) in [6, 6.07) is 0.278. The minimum atomic E-state index is 0.278. The van der Waals surface area contributed by atoms with E-state index in [-0.39, 0.29) is 6.04 Å². The van der Waals surface area contributed by atoms with Crippen LogP contribution in [-0.2, 0) is 6.42 Å². The summed E-state index contributed by atoms with van der Waals surface area (Å²) in [6.45, 7) is 4.12. The van der Waals surface area contributed by atoms with E-state index >= 15 is 0 Å². The van der Waals surface area contributed by atoms with Crippen molar-refractivity contribution in [3.05, 3.63) is 5.82 Å². The molecule has 0 bridgehead atoms. The van der Waals surface area contributed by atoms with Crippen molar-refractivity contribution in [1.29, 1.82) is 0 Å². The number of nitrogens with two attached hydrogens (primary N) is 1. The third-order valence-electron chi connectivity index (χ3n) is 3.79. The fourth-order valence-corrected chi connectivity index (χ4v) is 2.58. The van der Waals surface area contributed by atoms with Crippen molar-refractivity contribution in [3.8, 4) is 0 Å². The summed E-state index contributed by atoms with van der Waals surface area (Å²) in [5.74, 6) is 1.85. The molecule has 108 valence electrons. The first-order valence-corrected chi connectivity index (χ1v) is 7.71. The minimum absolute atomic E-state index is 0.278. The van der Waals surface area contributed by atoms with Gasteiger partial charge in [0.05, 0.1) is 0 Å². The third-order valence-corrected chi connectivity index (χ3v) is 3.79. The Morgan fingerprint density at radius 2 is 2.05 bits per heavy atom. The summed E-state index contributed by atoms with van der Waals surface area (Å²) < 4.78 is 0. The zero-order chi connectivity index (χ0) is 13.5. The van der Waals surface area contributed by atoms with Crippen LogP contribution in [0.25, 0.3) is 0 Å². The second-order valence-corrected chi connectivity index (χ2v) is 5.59. The number of nitrogens with zero attached hydrogens (tertiary/aromatic N) is 3. The maximum Gasteiger partial charge on any atom is 0.244 e. The van der Waals surface area contributed by atoms with Gasteiger partial charge in [-0.05, 0) is 12.8 Å². The number of anilines is 1. The number of rotatable bonds is 8. The van der Waals surface area contributed by atoms with Gasteiger partial charge < -0.3 is 10.6 Å². The second-order valence-electron chi connectivity index (χ2n) is 5.59. The molecule has 0 saturated carbocycles. The van der Waals surface area contributed by atoms with E-state index in [0.29, 0.717) is 0 Å². The van der Waals surface area contributed by atoms with E-state index in [1.807, 2.05) is 0 Å². The molecule has 0 aliphatic carbocycles. The Balaban J connectivity index is 1.66. The van der Waals surface area contributed by atoms with Crippen LogP contribution in [-0.4, -0.2) is 34.3 Å². The first kappa shape index (κ1) is 14.3. The van der Waals surface area contributed by atoms with E-state index in [0.717, 1.165) is 37.7 Å². The number of H-pyrrole nitrogens is 1. The molecule has 5 nitrogen and oxygen atoms in total. The lowest BCUT2D eigenvalue weighted by atomic mass is 10.1. The van der Waals surface area contributed by atoms with E-state index in [9.17, 15) is 0 Å². The summed E-state index contributed by atoms with van der Waals surface area (Å²) in [6.07, 6.45) is 9.94. The number of hydrogen-bond acceptors (Lipinski definition) is 4. The predicted molar refractivity (Wildman–Crippen MR) is 78.3 cm³/mol. The molecule has 1 atom stereocenters. The predicted octanol–water partition coefficient (Wildman–Crippen LogP) is 2.25. The molecule has 0 aromatic carbocycles. The lowest BCUT2D eigenvalue weighted by molar-refractivity contribution is 0.601. The van der Waals surface area contributed by atoms with Gasteiger partial charge >= 0.3 is 0 Å². The molecule has 1 saturated heterocycles. The Hall–Kier alpha value is -1.10. The van der Waals surface area contributed by atoms with Crippen LogP contribution in [0, 0.1) is 0 Å². The van der Waals surface area contributed by atoms with Gasteiger partial charge in [-0.2, -0.15) is 4.98 Å². The fraction of sp³-hybridized carbons (Fsp3) is 0.857. The fourth-order valence-electron chi connectivity index (χ4n) is 2.58. The van der Waals surface area contributed by atoms with E-state index in [1.54, 1.807) is 0 Å². The Morgan fingerprint density at radius 3 is 2.79 bits per heavy atom. The monoisotopic (exact) mass is 265 g/mol. The van der Waals surface area contributed by atoms with Crippen LogP contribution in [0.3, 0.4) is 0 Å². The maximum absolute atomic E-state index is 5.90. The summed E-state index contributed by atoms with van der Waals surface area (Å²) >= 11 is 0. The van der Waals surface area contributed by atoms with Gasteiger partial charge in [0.15, 0.2) is 0 Å². The smallest absolute Gasteiger partial charge is 0.244 e. The third kappa shape index (κ3) is 4.49. The van der Waals surface area contributed by atoms with Gasteiger partial charge in [0, 0.05) is 25.6 Å². The molecule has 3 N–H and O–H groups in total. The molecule has 2 rings (SSSR count). The number of nitrogens with one attached hydrogen (secondary N) is 1. The van der Waals surface area contributed by atoms with Gasteiger partial charge in [0.1, 0.15) is 5.82 Å². The Labute approximate surface area is 116 Å². The molecule has 2 heterocycles. The highest BCUT2D eigenvalue weighted by Gasteiger charge is 2.22. The van der Waals surface area contributed by atoms with Crippen LogP contribution in [0.1, 0.15) is 57.7 Å². The minimum Gasteiger partial charge on any atom is -0.338 e. The number of unbranched alkanes of at least 4 members (excludes halogenated alkanes) is 5. The van der Waals surface area contributed by atoms with Gasteiger partial charge in [-0.3, -0.25) is 5.10 Å². The molecule has 1 aromatic rings. The molecular weight excluding hydrogens is 238 g/mol. The second kappa shape index (κ2) is 7.48. The molecule has 19 heavy (non-hydrogen) atoms. The maximum atomic E-state index is 5.90. The van der Waals surface area contributed by atoms with Crippen LogP contribution < -0.4 is 10.6 Å². The lowest BCUT2D eigenvalue weighted by Gasteiger charge is -2.11. The molecule has 1 aromatic heterocycles. The highest BCUT2D eigenvalue weighted by molar-refractivity contribution is 5.31. The SMILES string of the molecule is CCCCCCCCc1nc(N2CCC(N)C2)n[nH]1. The first-order chi connectivity index (χ1) is 9.29. The molecule has 1 unspecified atom stereocenters. The average Bonchev–Trinajstić information content (AvgIpc) is 3.02. The summed E-state index contributed by atoms with van der Waals surface area (Å²) in [4.78, 5) is 6.74. The Morgan fingerprint density at radius 1 is 1.26 bits per heavy atom. The topological polar surface area (TPSA) is 70.8 Å². The van der Waals surface area contributed by atoms with Crippen LogP contribution >= 0.6 is 0 Å². The van der Waals surface area contributed by atoms with Crippen molar-refractivity contribution in [2.45, 2.75) is 64.3 Å². The van der Waals surface area contributed by atoms with E-state index in [1.165, 1.54) is 38.5 Å². The molecule has 1 fully saturated rings. The molecule has 0 amide bonds. The molecule has 5 heteroatoms. The van der Waals surface area contributed by atoms with Crippen molar-refractivity contribution in [1.82, 2.24) is 15.2 Å². The van der Waals surface area contributed by atoms with Crippen LogP contribution in [0.15, 0.2) is 0 Å². The molecule has 1 aliphatic rings. The quantitative estimate of drug-likeness (QED) is 0.707. The van der Waals surface area contributed by atoms with Crippen LogP contribution in [0.2, 0.25) is 0 Å². The number of aromatic nitrogens is 3. The summed E-state index contributed by atoms with van der Waals surface area (Å²) in [5, 5.41) is 7.35. The highest BCUT2D eigenvalue weighted by atomic mass is 15.4. The summed E-state index contributed by atoms with van der Waals surface area (Å²) in [5.41, 5.74) is 5.90. The number of aromatic amines is 1. The van der Waals surface area contributed by atoms with Crippen molar-refractivity contribution >= 4 is 5.95 Å². The van der Waals surface area contributed by atoms with Gasteiger partial charge in [-0.1, -0.05) is 39.0 Å². The van der Waals surface area contributed by atoms with E-state index in [2.05, 4.69) is 27.0 Å². The van der Waals surface area contributed by atoms with Crippen molar-refractivity contribution in [2.75, 3.05) is 18.0 Å². The van der Waals surface area contributed by atoms with Gasteiger partial charge in [0.2, 0.25) is 5.95 Å². The van der Waals surface area contributed by atoms with Gasteiger partial charge in [-0.25, -0.2) is 0 Å². The van der Waals surface area contributed by atoms with Crippen LogP contribution in [0.4, 0.5) is 5.95 Å². The summed E-state index contributed by atoms with van der Waals surface area (Å²) in [7, 11) is 0. The standard InChI is InChI=1S/C14H27N5/c1-2-3-4-5-6-7-8-13-16-14(18-17-13)19-10-9-12(15)11-19/h12H,2-11,15H2,1H3,(H,16,17,18). The Kier molecular flexibility index (Phi) is 5.63. The zero-order valence-corrected chi connectivity index (χ0v) is 12.1. The molecule has 0 spiro atoms. The van der Waals surface area contributed by atoms with Crippen molar-refractivity contribution in [3.63, 3.8) is 0 Å². The van der Waals surface area contributed by atoms with Crippen molar-refractivity contribution in [2.24, 2.45) is 5.73 Å². The lowest BCUT2D eigenvalue weighted by Crippen LogP contribution is -2.26. The normalized spacial score (nSPS) is 19.3. The molecule has 0 radical (unpaired) electrons. The highest BCUT2D eigenvalue weighted by Crippen LogP contribution is 2.15. The Bertz CT molecular complexity index is 362. The van der Waals surface area contributed by atoms with Crippen molar-refractivity contribution < 1.29 is 0 Å². The average molecular weight is 265 g/mol. The molecule has 1 aliphatic heterocycles. The van der Waals surface area contributed by atoms with Crippen LogP contribution in [0.5, 0.6) is 0 Å². The zero-order valence-electron chi connectivity index (χ0n) is 12.1. The number of aryl methyl sites for hydroxylation is 1. The van der Waals surface area contributed by atoms with E-state index < -0.39 is 0 Å².